The molecule has 1 fully saturated rings. The van der Waals surface area contributed by atoms with Crippen molar-refractivity contribution in [2.24, 2.45) is 5.92 Å². The standard InChI is InChI=1S/C11H15N3O/c1-2-5-13-11(15)9-14-6-3-10(8-12)4-7-14/h1,10H,3-7,9H2,(H,13,15). The van der Waals surface area contributed by atoms with E-state index in [-0.39, 0.29) is 18.4 Å². The van der Waals surface area contributed by atoms with E-state index in [1.807, 2.05) is 0 Å². The molecule has 4 nitrogen and oxygen atoms in total. The van der Waals surface area contributed by atoms with E-state index in [4.69, 9.17) is 11.7 Å². The lowest BCUT2D eigenvalue weighted by molar-refractivity contribution is -0.122. The minimum Gasteiger partial charge on any atom is -0.344 e. The summed E-state index contributed by atoms with van der Waals surface area (Å²) >= 11 is 0. The average molecular weight is 205 g/mol. The Bertz CT molecular complexity index is 292. The van der Waals surface area contributed by atoms with Crippen LogP contribution in [0.5, 0.6) is 0 Å². The fourth-order valence-electron chi connectivity index (χ4n) is 1.63. The zero-order valence-corrected chi connectivity index (χ0v) is 8.70. The Labute approximate surface area is 90.2 Å². The number of piperidine rings is 1. The Kier molecular flexibility index (Phi) is 4.66. The lowest BCUT2D eigenvalue weighted by Gasteiger charge is -2.28. The van der Waals surface area contributed by atoms with Gasteiger partial charge in [0.15, 0.2) is 0 Å². The molecule has 0 radical (unpaired) electrons. The summed E-state index contributed by atoms with van der Waals surface area (Å²) in [5, 5.41) is 11.3. The number of hydrogen-bond donors (Lipinski definition) is 1. The second-order valence-corrected chi connectivity index (χ2v) is 3.66. The van der Waals surface area contributed by atoms with E-state index in [0.717, 1.165) is 25.9 Å². The van der Waals surface area contributed by atoms with E-state index in [1.54, 1.807) is 0 Å². The fraction of sp³-hybridized carbons (Fsp3) is 0.636. The number of nitrogens with one attached hydrogen (secondary N) is 1. The molecular formula is C11H15N3O. The first-order valence-electron chi connectivity index (χ1n) is 5.08. The average Bonchev–Trinajstić information content (AvgIpc) is 2.27. The number of amides is 1. The van der Waals surface area contributed by atoms with Crippen LogP contribution in [0.1, 0.15) is 12.8 Å². The predicted molar refractivity (Wildman–Crippen MR) is 56.6 cm³/mol. The topological polar surface area (TPSA) is 56.1 Å². The number of nitriles is 1. The van der Waals surface area contributed by atoms with Crippen LogP contribution < -0.4 is 5.32 Å². The molecule has 0 atom stereocenters. The van der Waals surface area contributed by atoms with Crippen molar-refractivity contribution in [3.63, 3.8) is 0 Å². The van der Waals surface area contributed by atoms with Crippen LogP contribution in [0.2, 0.25) is 0 Å². The second kappa shape index (κ2) is 6.06. The van der Waals surface area contributed by atoms with Crippen molar-refractivity contribution >= 4 is 5.91 Å². The van der Waals surface area contributed by atoms with E-state index in [0.29, 0.717) is 6.54 Å². The van der Waals surface area contributed by atoms with E-state index < -0.39 is 0 Å². The molecule has 1 aliphatic heterocycles. The predicted octanol–water partition coefficient (Wildman–Crippen LogP) is -0.0286. The summed E-state index contributed by atoms with van der Waals surface area (Å²) in [6.07, 6.45) is 6.75. The number of rotatable bonds is 3. The quantitative estimate of drug-likeness (QED) is 0.658. The molecule has 0 spiro atoms. The van der Waals surface area contributed by atoms with Gasteiger partial charge in [-0.05, 0) is 25.9 Å². The highest BCUT2D eigenvalue weighted by Crippen LogP contribution is 2.15. The van der Waals surface area contributed by atoms with E-state index in [1.165, 1.54) is 0 Å². The first kappa shape index (κ1) is 11.6. The molecule has 0 aliphatic carbocycles. The number of carbonyl (C=O) groups excluding carboxylic acids is 1. The molecule has 4 heteroatoms. The van der Waals surface area contributed by atoms with Crippen LogP contribution in [0, 0.1) is 29.6 Å². The number of carbonyl (C=O) groups is 1. The van der Waals surface area contributed by atoms with Gasteiger partial charge < -0.3 is 5.32 Å². The molecule has 1 heterocycles. The van der Waals surface area contributed by atoms with Gasteiger partial charge in [-0.2, -0.15) is 5.26 Å². The normalized spacial score (nSPS) is 17.7. The zero-order chi connectivity index (χ0) is 11.1. The van der Waals surface area contributed by atoms with Gasteiger partial charge in [0.2, 0.25) is 5.91 Å². The van der Waals surface area contributed by atoms with Gasteiger partial charge in [-0.3, -0.25) is 9.69 Å². The summed E-state index contributed by atoms with van der Waals surface area (Å²) < 4.78 is 0. The number of likely N-dealkylation sites (tertiary alicyclic amines) is 1. The largest absolute Gasteiger partial charge is 0.344 e. The Hall–Kier alpha value is -1.52. The van der Waals surface area contributed by atoms with Crippen molar-refractivity contribution in [1.82, 2.24) is 10.2 Å². The maximum atomic E-state index is 11.3. The highest BCUT2D eigenvalue weighted by atomic mass is 16.2. The molecule has 0 aromatic heterocycles. The summed E-state index contributed by atoms with van der Waals surface area (Å²) in [6.45, 7) is 2.32. The highest BCUT2D eigenvalue weighted by Gasteiger charge is 2.19. The second-order valence-electron chi connectivity index (χ2n) is 3.66. The molecule has 0 bridgehead atoms. The van der Waals surface area contributed by atoms with Crippen molar-refractivity contribution in [3.05, 3.63) is 0 Å². The molecule has 1 rings (SSSR count). The van der Waals surface area contributed by atoms with Gasteiger partial charge in [-0.25, -0.2) is 0 Å². The van der Waals surface area contributed by atoms with Gasteiger partial charge in [-0.1, -0.05) is 5.92 Å². The summed E-state index contributed by atoms with van der Waals surface area (Å²) in [5.41, 5.74) is 0. The molecular weight excluding hydrogens is 190 g/mol. The first-order chi connectivity index (χ1) is 7.26. The SMILES string of the molecule is C#CCNC(=O)CN1CCC(C#N)CC1. The lowest BCUT2D eigenvalue weighted by Crippen LogP contribution is -2.41. The molecule has 0 saturated carbocycles. The van der Waals surface area contributed by atoms with Crippen molar-refractivity contribution in [2.75, 3.05) is 26.2 Å². The molecule has 80 valence electrons. The number of nitrogens with zero attached hydrogens (tertiary/aromatic N) is 2. The van der Waals surface area contributed by atoms with Gasteiger partial charge in [-0.15, -0.1) is 6.42 Å². The van der Waals surface area contributed by atoms with Crippen molar-refractivity contribution < 1.29 is 4.79 Å². The summed E-state index contributed by atoms with van der Waals surface area (Å²) in [6, 6.07) is 2.26. The lowest BCUT2D eigenvalue weighted by atomic mass is 9.99. The van der Waals surface area contributed by atoms with Gasteiger partial charge >= 0.3 is 0 Å². The monoisotopic (exact) mass is 205 g/mol. The third kappa shape index (κ3) is 4.01. The van der Waals surface area contributed by atoms with Crippen LogP contribution in [-0.2, 0) is 4.79 Å². The highest BCUT2D eigenvalue weighted by molar-refractivity contribution is 5.78. The third-order valence-electron chi connectivity index (χ3n) is 2.52. The molecule has 15 heavy (non-hydrogen) atoms. The van der Waals surface area contributed by atoms with Crippen molar-refractivity contribution in [3.8, 4) is 18.4 Å². The maximum absolute atomic E-state index is 11.3. The van der Waals surface area contributed by atoms with Crippen LogP contribution in [0.4, 0.5) is 0 Å². The van der Waals surface area contributed by atoms with E-state index in [9.17, 15) is 4.79 Å². The van der Waals surface area contributed by atoms with E-state index in [2.05, 4.69) is 22.2 Å². The Balaban J connectivity index is 2.22. The van der Waals surface area contributed by atoms with Crippen LogP contribution in [0.15, 0.2) is 0 Å². The van der Waals surface area contributed by atoms with Crippen molar-refractivity contribution in [1.29, 1.82) is 5.26 Å². The first-order valence-corrected chi connectivity index (χ1v) is 5.08. The number of hydrogen-bond acceptors (Lipinski definition) is 3. The Morgan fingerprint density at radius 3 is 2.73 bits per heavy atom. The fourth-order valence-corrected chi connectivity index (χ4v) is 1.63. The summed E-state index contributed by atoms with van der Waals surface area (Å²) in [5.74, 6) is 2.48. The zero-order valence-electron chi connectivity index (χ0n) is 8.70. The maximum Gasteiger partial charge on any atom is 0.234 e. The summed E-state index contributed by atoms with van der Waals surface area (Å²) in [7, 11) is 0. The van der Waals surface area contributed by atoms with Crippen LogP contribution in [0.25, 0.3) is 0 Å². The smallest absolute Gasteiger partial charge is 0.234 e. The summed E-state index contributed by atoms with van der Waals surface area (Å²) in [4.78, 5) is 13.4. The van der Waals surface area contributed by atoms with Crippen LogP contribution in [-0.4, -0.2) is 37.0 Å². The van der Waals surface area contributed by atoms with Gasteiger partial charge in [0.1, 0.15) is 0 Å². The van der Waals surface area contributed by atoms with Gasteiger partial charge in [0.25, 0.3) is 0 Å². The third-order valence-corrected chi connectivity index (χ3v) is 2.52. The molecule has 1 N–H and O–H groups in total. The van der Waals surface area contributed by atoms with Gasteiger partial charge in [0.05, 0.1) is 19.2 Å². The van der Waals surface area contributed by atoms with E-state index >= 15 is 0 Å². The molecule has 1 aliphatic rings. The Morgan fingerprint density at radius 2 is 2.20 bits per heavy atom. The van der Waals surface area contributed by atoms with Crippen LogP contribution in [0.3, 0.4) is 0 Å². The minimum absolute atomic E-state index is 0.0386. The molecule has 0 aromatic carbocycles. The van der Waals surface area contributed by atoms with Crippen LogP contribution >= 0.6 is 0 Å². The van der Waals surface area contributed by atoms with Gasteiger partial charge in [0, 0.05) is 5.92 Å². The molecule has 0 unspecified atom stereocenters. The molecule has 1 saturated heterocycles. The number of terminal acetylenes is 1. The van der Waals surface area contributed by atoms with Crippen molar-refractivity contribution in [2.45, 2.75) is 12.8 Å². The Morgan fingerprint density at radius 1 is 1.53 bits per heavy atom. The molecule has 1 amide bonds. The minimum atomic E-state index is -0.0386. The molecule has 0 aromatic rings.